The Morgan fingerprint density at radius 2 is 1.97 bits per heavy atom. The molecule has 5 rings (SSSR count). The van der Waals surface area contributed by atoms with Crippen LogP contribution in [0.1, 0.15) is 21.7 Å². The van der Waals surface area contributed by atoms with E-state index in [0.717, 1.165) is 16.5 Å². The van der Waals surface area contributed by atoms with Crippen LogP contribution in [0.5, 0.6) is 0 Å². The van der Waals surface area contributed by atoms with Crippen LogP contribution < -0.4 is 0 Å². The van der Waals surface area contributed by atoms with E-state index in [1.807, 2.05) is 49.6 Å². The number of nitrogens with zero attached hydrogens (tertiary/aromatic N) is 5. The fourth-order valence-corrected chi connectivity index (χ4v) is 4.10. The van der Waals surface area contributed by atoms with Gasteiger partial charge in [0.2, 0.25) is 5.91 Å². The molecule has 1 unspecified atom stereocenters. The van der Waals surface area contributed by atoms with Gasteiger partial charge < -0.3 is 19.0 Å². The summed E-state index contributed by atoms with van der Waals surface area (Å²) in [6.45, 7) is 1.34. The summed E-state index contributed by atoms with van der Waals surface area (Å²) in [4.78, 5) is 33.8. The number of rotatable bonds is 6. The first-order valence-electron chi connectivity index (χ1n) is 11.1. The minimum Gasteiger partial charge on any atom is -0.451 e. The van der Waals surface area contributed by atoms with E-state index < -0.39 is 0 Å². The normalized spacial score (nSPS) is 16.7. The van der Waals surface area contributed by atoms with Crippen molar-refractivity contribution in [1.29, 1.82) is 0 Å². The Kier molecular flexibility index (Phi) is 6.09. The first-order chi connectivity index (χ1) is 16.5. The first kappa shape index (κ1) is 21.8. The average molecular weight is 460 g/mol. The maximum atomic E-state index is 13.3. The van der Waals surface area contributed by atoms with E-state index in [2.05, 4.69) is 10.1 Å². The number of ether oxygens (including phenoxy) is 1. The lowest BCUT2D eigenvalue weighted by Gasteiger charge is -2.24. The minimum absolute atomic E-state index is 0.0503. The van der Waals surface area contributed by atoms with E-state index in [1.165, 1.54) is 4.90 Å². The van der Waals surface area contributed by atoms with E-state index in [9.17, 15) is 9.59 Å². The molecule has 1 aromatic carbocycles. The van der Waals surface area contributed by atoms with Gasteiger partial charge in [-0.15, -0.1) is 0 Å². The van der Waals surface area contributed by atoms with Crippen LogP contribution in [0.15, 0.2) is 71.7 Å². The van der Waals surface area contributed by atoms with Crippen LogP contribution >= 0.6 is 0 Å². The molecule has 1 saturated heterocycles. The molecule has 3 aromatic heterocycles. The van der Waals surface area contributed by atoms with E-state index in [-0.39, 0.29) is 36.8 Å². The molecule has 1 fully saturated rings. The predicted molar refractivity (Wildman–Crippen MR) is 124 cm³/mol. The van der Waals surface area contributed by atoms with Crippen LogP contribution in [0.4, 0.5) is 0 Å². The zero-order valence-electron chi connectivity index (χ0n) is 18.8. The molecule has 0 saturated carbocycles. The fraction of sp³-hybridized carbons (Fsp3) is 0.280. The number of benzene rings is 1. The number of aromatic nitrogens is 3. The highest BCUT2D eigenvalue weighted by Crippen LogP contribution is 2.22. The second-order valence-corrected chi connectivity index (χ2v) is 8.42. The molecule has 9 heteroatoms. The van der Waals surface area contributed by atoms with Gasteiger partial charge in [-0.05, 0) is 29.8 Å². The summed E-state index contributed by atoms with van der Waals surface area (Å²) in [6, 6.07) is 12.9. The standard InChI is InChI=1S/C25H25N5O4/c1-28-12-19(11-27-28)13-29-14-21(33-17-18-6-8-26-9-7-18)15-30(16-24(29)31)25(32)23-10-20-4-2-3-5-22(20)34-23/h2-12,21H,13-17H2,1H3. The Morgan fingerprint density at radius 1 is 1.15 bits per heavy atom. The molecule has 0 radical (unpaired) electrons. The molecule has 1 atom stereocenters. The van der Waals surface area contributed by atoms with E-state index in [1.54, 1.807) is 34.2 Å². The maximum Gasteiger partial charge on any atom is 0.290 e. The predicted octanol–water partition coefficient (Wildman–Crippen LogP) is 2.63. The first-order valence-corrected chi connectivity index (χ1v) is 11.1. The zero-order valence-corrected chi connectivity index (χ0v) is 18.8. The number of amides is 2. The molecular formula is C25H25N5O4. The molecule has 2 amide bonds. The SMILES string of the molecule is Cn1cc(CN2CC(OCc3ccncc3)CN(C(=O)c3cc4ccccc4o3)CC2=O)cn1. The Morgan fingerprint density at radius 3 is 2.74 bits per heavy atom. The van der Waals surface area contributed by atoms with Gasteiger partial charge in [0.05, 0.1) is 18.9 Å². The molecule has 9 nitrogen and oxygen atoms in total. The number of hydrogen-bond acceptors (Lipinski definition) is 6. The van der Waals surface area contributed by atoms with Gasteiger partial charge in [0.25, 0.3) is 5.91 Å². The topological polar surface area (TPSA) is 93.7 Å². The Labute approximate surface area is 196 Å². The van der Waals surface area contributed by atoms with E-state index >= 15 is 0 Å². The molecule has 0 N–H and O–H groups in total. The van der Waals surface area contributed by atoms with Crippen molar-refractivity contribution in [2.45, 2.75) is 19.3 Å². The Hall–Kier alpha value is -3.98. The van der Waals surface area contributed by atoms with Crippen molar-refractivity contribution in [3.63, 3.8) is 0 Å². The molecule has 1 aliphatic heterocycles. The van der Waals surface area contributed by atoms with Crippen molar-refractivity contribution in [2.75, 3.05) is 19.6 Å². The number of carbonyl (C=O) groups is 2. The lowest BCUT2D eigenvalue weighted by Crippen LogP contribution is -2.39. The summed E-state index contributed by atoms with van der Waals surface area (Å²) < 4.78 is 13.7. The number of pyridine rings is 1. The minimum atomic E-state index is -0.371. The second kappa shape index (κ2) is 9.48. The van der Waals surface area contributed by atoms with Crippen LogP contribution in [0.3, 0.4) is 0 Å². The molecule has 174 valence electrons. The molecule has 4 aromatic rings. The van der Waals surface area contributed by atoms with E-state index in [0.29, 0.717) is 25.3 Å². The monoisotopic (exact) mass is 459 g/mol. The second-order valence-electron chi connectivity index (χ2n) is 8.42. The van der Waals surface area contributed by atoms with Crippen LogP contribution in [0, 0.1) is 0 Å². The lowest BCUT2D eigenvalue weighted by atomic mass is 10.2. The van der Waals surface area contributed by atoms with Gasteiger partial charge in [0, 0.05) is 56.2 Å². The number of fused-ring (bicyclic) bond motifs is 1. The Balaban J connectivity index is 1.37. The summed E-state index contributed by atoms with van der Waals surface area (Å²) in [5, 5.41) is 5.04. The van der Waals surface area contributed by atoms with Crippen LogP contribution in [-0.2, 0) is 29.7 Å². The number of aryl methyl sites for hydroxylation is 1. The Bertz CT molecular complexity index is 1270. The number of carbonyl (C=O) groups excluding carboxylic acids is 2. The van der Waals surface area contributed by atoms with Crippen molar-refractivity contribution in [3.05, 3.63) is 84.1 Å². The van der Waals surface area contributed by atoms with Crippen molar-refractivity contribution in [2.24, 2.45) is 7.05 Å². The largest absolute Gasteiger partial charge is 0.451 e. The third-order valence-electron chi connectivity index (χ3n) is 5.82. The number of hydrogen-bond donors (Lipinski definition) is 0. The summed E-state index contributed by atoms with van der Waals surface area (Å²) >= 11 is 0. The molecule has 0 bridgehead atoms. The zero-order chi connectivity index (χ0) is 23.5. The van der Waals surface area contributed by atoms with Crippen LogP contribution in [-0.4, -0.2) is 62.1 Å². The highest BCUT2D eigenvalue weighted by atomic mass is 16.5. The van der Waals surface area contributed by atoms with Crippen LogP contribution in [0.2, 0.25) is 0 Å². The van der Waals surface area contributed by atoms with Gasteiger partial charge in [-0.3, -0.25) is 19.3 Å². The van der Waals surface area contributed by atoms with Crippen molar-refractivity contribution in [1.82, 2.24) is 24.6 Å². The van der Waals surface area contributed by atoms with Gasteiger partial charge in [-0.2, -0.15) is 5.10 Å². The summed E-state index contributed by atoms with van der Waals surface area (Å²) in [7, 11) is 1.84. The smallest absolute Gasteiger partial charge is 0.290 e. The number of para-hydroxylation sites is 1. The molecule has 34 heavy (non-hydrogen) atoms. The molecule has 4 heterocycles. The molecular weight excluding hydrogens is 434 g/mol. The van der Waals surface area contributed by atoms with Crippen molar-refractivity contribution >= 4 is 22.8 Å². The highest BCUT2D eigenvalue weighted by molar-refractivity contribution is 5.98. The van der Waals surface area contributed by atoms with E-state index in [4.69, 9.17) is 9.15 Å². The third kappa shape index (κ3) is 4.84. The summed E-state index contributed by atoms with van der Waals surface area (Å²) in [6.07, 6.45) is 6.66. The van der Waals surface area contributed by atoms with Gasteiger partial charge in [0.15, 0.2) is 5.76 Å². The average Bonchev–Trinajstić information content (AvgIpc) is 3.43. The molecule has 0 aliphatic carbocycles. The maximum absolute atomic E-state index is 13.3. The highest BCUT2D eigenvalue weighted by Gasteiger charge is 2.32. The van der Waals surface area contributed by atoms with Gasteiger partial charge >= 0.3 is 0 Å². The molecule has 0 spiro atoms. The number of furan rings is 1. The lowest BCUT2D eigenvalue weighted by molar-refractivity contribution is -0.132. The fourth-order valence-electron chi connectivity index (χ4n) is 4.10. The van der Waals surface area contributed by atoms with Crippen molar-refractivity contribution < 1.29 is 18.7 Å². The summed E-state index contributed by atoms with van der Waals surface area (Å²) in [5.74, 6) is -0.267. The van der Waals surface area contributed by atoms with Crippen molar-refractivity contribution in [3.8, 4) is 0 Å². The van der Waals surface area contributed by atoms with Gasteiger partial charge in [-0.1, -0.05) is 18.2 Å². The summed E-state index contributed by atoms with van der Waals surface area (Å²) in [5.41, 5.74) is 2.52. The van der Waals surface area contributed by atoms with Gasteiger partial charge in [-0.25, -0.2) is 0 Å². The third-order valence-corrected chi connectivity index (χ3v) is 5.82. The van der Waals surface area contributed by atoms with Gasteiger partial charge in [0.1, 0.15) is 12.1 Å². The quantitative estimate of drug-likeness (QED) is 0.440. The molecule has 1 aliphatic rings. The van der Waals surface area contributed by atoms with Crippen LogP contribution in [0.25, 0.3) is 11.0 Å².